The van der Waals surface area contributed by atoms with E-state index in [1.165, 1.54) is 43.4 Å². The monoisotopic (exact) mass is 470 g/mol. The van der Waals surface area contributed by atoms with Crippen LogP contribution in [0.5, 0.6) is 11.5 Å². The Balaban J connectivity index is 1.93. The normalized spacial score (nSPS) is 14.9. The molecule has 0 aliphatic carbocycles. The molecule has 3 rings (SSSR count). The lowest BCUT2D eigenvalue weighted by molar-refractivity contribution is -0.137. The Labute approximate surface area is 188 Å². The number of hydrogen-bond acceptors (Lipinski definition) is 4. The molecule has 1 fully saturated rings. The van der Waals surface area contributed by atoms with Crippen LogP contribution in [0.1, 0.15) is 40.4 Å². The van der Waals surface area contributed by atoms with E-state index in [-0.39, 0.29) is 40.1 Å². The van der Waals surface area contributed by atoms with Crippen molar-refractivity contribution in [1.29, 1.82) is 0 Å². The van der Waals surface area contributed by atoms with Gasteiger partial charge in [0, 0.05) is 25.1 Å². The molecule has 1 heterocycles. The number of nitrogens with zero attached hydrogens (tertiary/aromatic N) is 1. The van der Waals surface area contributed by atoms with E-state index in [0.29, 0.717) is 19.4 Å². The van der Waals surface area contributed by atoms with E-state index in [9.17, 15) is 22.8 Å². The molecular formula is C22H22ClF3N2O4. The van der Waals surface area contributed by atoms with Crippen LogP contribution < -0.4 is 14.8 Å². The van der Waals surface area contributed by atoms with E-state index in [1.807, 2.05) is 0 Å². The van der Waals surface area contributed by atoms with Crippen LogP contribution in [-0.4, -0.2) is 44.0 Å². The lowest BCUT2D eigenvalue weighted by Gasteiger charge is -2.26. The number of carbonyl (C=O) groups is 2. The van der Waals surface area contributed by atoms with Gasteiger partial charge in [-0.1, -0.05) is 23.7 Å². The van der Waals surface area contributed by atoms with Crippen molar-refractivity contribution in [1.82, 2.24) is 10.2 Å². The number of alkyl halides is 3. The van der Waals surface area contributed by atoms with Crippen LogP contribution in [0.2, 0.25) is 5.02 Å². The molecule has 2 aromatic rings. The second-order valence-electron chi connectivity index (χ2n) is 7.29. The van der Waals surface area contributed by atoms with Crippen LogP contribution in [0.3, 0.4) is 0 Å². The van der Waals surface area contributed by atoms with Crippen molar-refractivity contribution in [2.75, 3.05) is 27.3 Å². The highest BCUT2D eigenvalue weighted by molar-refractivity contribution is 6.32. The van der Waals surface area contributed by atoms with Gasteiger partial charge >= 0.3 is 6.18 Å². The summed E-state index contributed by atoms with van der Waals surface area (Å²) in [6, 6.07) is 6.63. The molecule has 0 spiro atoms. The molecule has 6 nitrogen and oxygen atoms in total. The molecule has 0 radical (unpaired) electrons. The Hall–Kier alpha value is -2.94. The van der Waals surface area contributed by atoms with Crippen molar-refractivity contribution >= 4 is 23.4 Å². The van der Waals surface area contributed by atoms with Gasteiger partial charge in [0.15, 0.2) is 11.5 Å². The molecule has 0 bridgehead atoms. The molecule has 0 aromatic heterocycles. The predicted octanol–water partition coefficient (Wildman–Crippen LogP) is 4.47. The number of methoxy groups -OCH3 is 2. The quantitative estimate of drug-likeness (QED) is 0.648. The van der Waals surface area contributed by atoms with E-state index in [1.54, 1.807) is 0 Å². The van der Waals surface area contributed by atoms with Crippen molar-refractivity contribution in [2.45, 2.75) is 25.1 Å². The van der Waals surface area contributed by atoms with E-state index in [2.05, 4.69) is 5.32 Å². The zero-order valence-corrected chi connectivity index (χ0v) is 18.2. The van der Waals surface area contributed by atoms with Gasteiger partial charge in [0.2, 0.25) is 5.91 Å². The van der Waals surface area contributed by atoms with Gasteiger partial charge in [-0.05, 0) is 36.2 Å². The Bertz CT molecular complexity index is 1010. The maximum Gasteiger partial charge on any atom is 0.416 e. The summed E-state index contributed by atoms with van der Waals surface area (Å²) in [5.41, 5.74) is -0.465. The molecule has 10 heteroatoms. The summed E-state index contributed by atoms with van der Waals surface area (Å²) < 4.78 is 50.1. The van der Waals surface area contributed by atoms with Crippen molar-refractivity contribution in [3.63, 3.8) is 0 Å². The first-order valence-corrected chi connectivity index (χ1v) is 10.2. The fourth-order valence-electron chi connectivity index (χ4n) is 3.57. The number of nitrogens with one attached hydrogen (secondary N) is 1. The second-order valence-corrected chi connectivity index (χ2v) is 7.69. The lowest BCUT2D eigenvalue weighted by Crippen LogP contribution is -2.38. The van der Waals surface area contributed by atoms with Gasteiger partial charge in [-0.15, -0.1) is 0 Å². The molecule has 2 amide bonds. The third-order valence-corrected chi connectivity index (χ3v) is 5.47. The molecule has 172 valence electrons. The largest absolute Gasteiger partial charge is 0.493 e. The average molecular weight is 471 g/mol. The Morgan fingerprint density at radius 3 is 2.56 bits per heavy atom. The Morgan fingerprint density at radius 1 is 1.22 bits per heavy atom. The topological polar surface area (TPSA) is 67.9 Å². The molecule has 1 atom stereocenters. The standard InChI is InChI=1S/C22H22ClF3N2O4/c1-31-18-11-14(10-16(23)20(18)32-2)21(30)27-17(12-28-8-4-7-19(28)29)13-5-3-6-15(9-13)22(24,25)26/h3,5-6,9-11,17H,4,7-8,12H2,1-2H3,(H,27,30). The van der Waals surface area contributed by atoms with E-state index in [4.69, 9.17) is 21.1 Å². The number of amides is 2. The van der Waals surface area contributed by atoms with Gasteiger partial charge in [0.05, 0.1) is 30.8 Å². The maximum atomic E-state index is 13.2. The molecule has 1 aliphatic rings. The van der Waals surface area contributed by atoms with E-state index in [0.717, 1.165) is 12.1 Å². The van der Waals surface area contributed by atoms with Crippen LogP contribution in [0.15, 0.2) is 36.4 Å². The highest BCUT2D eigenvalue weighted by Gasteiger charge is 2.32. The molecule has 1 N–H and O–H groups in total. The van der Waals surface area contributed by atoms with Crippen molar-refractivity contribution in [3.05, 3.63) is 58.1 Å². The minimum absolute atomic E-state index is 0.0485. The third kappa shape index (κ3) is 5.27. The van der Waals surface area contributed by atoms with Crippen LogP contribution in [0.25, 0.3) is 0 Å². The molecule has 1 unspecified atom stereocenters. The van der Waals surface area contributed by atoms with Crippen molar-refractivity contribution in [3.8, 4) is 11.5 Å². The van der Waals surface area contributed by atoms with Crippen LogP contribution >= 0.6 is 11.6 Å². The fourth-order valence-corrected chi connectivity index (χ4v) is 3.86. The lowest BCUT2D eigenvalue weighted by atomic mass is 10.0. The number of likely N-dealkylation sites (tertiary alicyclic amines) is 1. The van der Waals surface area contributed by atoms with Gasteiger partial charge in [-0.25, -0.2) is 0 Å². The van der Waals surface area contributed by atoms with Crippen LogP contribution in [0.4, 0.5) is 13.2 Å². The highest BCUT2D eigenvalue weighted by Crippen LogP contribution is 2.36. The first-order chi connectivity index (χ1) is 15.1. The molecule has 1 saturated heterocycles. The number of halogens is 4. The zero-order valence-electron chi connectivity index (χ0n) is 17.5. The second kappa shape index (κ2) is 9.68. The maximum absolute atomic E-state index is 13.2. The number of rotatable bonds is 7. The molecular weight excluding hydrogens is 449 g/mol. The van der Waals surface area contributed by atoms with Gasteiger partial charge in [-0.3, -0.25) is 9.59 Å². The SMILES string of the molecule is COc1cc(C(=O)NC(CN2CCCC2=O)c2cccc(C(F)(F)F)c2)cc(Cl)c1OC. The van der Waals surface area contributed by atoms with Crippen LogP contribution in [-0.2, 0) is 11.0 Å². The van der Waals surface area contributed by atoms with Gasteiger partial charge in [-0.2, -0.15) is 13.2 Å². The minimum Gasteiger partial charge on any atom is -0.493 e. The van der Waals surface area contributed by atoms with Crippen molar-refractivity contribution < 1.29 is 32.2 Å². The fraction of sp³-hybridized carbons (Fsp3) is 0.364. The number of ether oxygens (including phenoxy) is 2. The summed E-state index contributed by atoms with van der Waals surface area (Å²) >= 11 is 6.18. The van der Waals surface area contributed by atoms with E-state index < -0.39 is 23.7 Å². The van der Waals surface area contributed by atoms with Crippen molar-refractivity contribution in [2.24, 2.45) is 0 Å². The summed E-state index contributed by atoms with van der Waals surface area (Å²) in [7, 11) is 2.79. The molecule has 32 heavy (non-hydrogen) atoms. The Morgan fingerprint density at radius 2 is 1.97 bits per heavy atom. The Kier molecular flexibility index (Phi) is 7.18. The highest BCUT2D eigenvalue weighted by atomic mass is 35.5. The number of hydrogen-bond donors (Lipinski definition) is 1. The van der Waals surface area contributed by atoms with Gasteiger partial charge < -0.3 is 19.7 Å². The minimum atomic E-state index is -4.54. The molecule has 1 aliphatic heterocycles. The van der Waals surface area contributed by atoms with E-state index >= 15 is 0 Å². The smallest absolute Gasteiger partial charge is 0.416 e. The first-order valence-electron chi connectivity index (χ1n) is 9.81. The number of benzene rings is 2. The zero-order chi connectivity index (χ0) is 23.5. The summed E-state index contributed by atoms with van der Waals surface area (Å²) in [6.45, 7) is 0.527. The summed E-state index contributed by atoms with van der Waals surface area (Å²) in [5, 5.41) is 2.88. The summed E-state index contributed by atoms with van der Waals surface area (Å²) in [4.78, 5) is 26.6. The molecule has 2 aromatic carbocycles. The number of carbonyl (C=O) groups excluding carboxylic acids is 2. The summed E-state index contributed by atoms with van der Waals surface area (Å²) in [6.07, 6.45) is -3.51. The van der Waals surface area contributed by atoms with Gasteiger partial charge in [0.1, 0.15) is 0 Å². The first kappa shape index (κ1) is 23.7. The van der Waals surface area contributed by atoms with Gasteiger partial charge in [0.25, 0.3) is 5.91 Å². The third-order valence-electron chi connectivity index (χ3n) is 5.19. The van der Waals surface area contributed by atoms with Crippen LogP contribution in [0, 0.1) is 0 Å². The average Bonchev–Trinajstić information content (AvgIpc) is 3.16. The predicted molar refractivity (Wildman–Crippen MR) is 112 cm³/mol. The molecule has 0 saturated carbocycles. The summed E-state index contributed by atoms with van der Waals surface area (Å²) in [5.74, 6) is -0.203.